The monoisotopic (exact) mass is 289 g/mol. The molecule has 4 nitrogen and oxygen atoms in total. The molecule has 0 bridgehead atoms. The summed E-state index contributed by atoms with van der Waals surface area (Å²) in [6, 6.07) is 10.7. The molecule has 1 aromatic rings. The average molecular weight is 289 g/mol. The quantitative estimate of drug-likeness (QED) is 0.799. The first-order valence-electron chi connectivity index (χ1n) is 7.45. The van der Waals surface area contributed by atoms with Crippen LogP contribution in [-0.4, -0.2) is 38.2 Å². The molecule has 0 heterocycles. The van der Waals surface area contributed by atoms with Gasteiger partial charge < -0.3 is 15.0 Å². The SMILES string of the molecule is CC(NCC(C(C)C)N(C)C)c1ccc(OCC#N)cc1. The van der Waals surface area contributed by atoms with Gasteiger partial charge in [-0.2, -0.15) is 5.26 Å². The number of nitrogens with zero attached hydrogens (tertiary/aromatic N) is 2. The molecule has 0 aliphatic heterocycles. The third kappa shape index (κ3) is 5.74. The lowest BCUT2D eigenvalue weighted by Gasteiger charge is -2.29. The van der Waals surface area contributed by atoms with Crippen LogP contribution in [-0.2, 0) is 0 Å². The summed E-state index contributed by atoms with van der Waals surface area (Å²) < 4.78 is 5.26. The fourth-order valence-corrected chi connectivity index (χ4v) is 2.40. The number of ether oxygens (including phenoxy) is 1. The van der Waals surface area contributed by atoms with Crippen LogP contribution >= 0.6 is 0 Å². The third-order valence-corrected chi connectivity index (χ3v) is 3.75. The first-order chi connectivity index (χ1) is 9.95. The Hall–Kier alpha value is -1.57. The fourth-order valence-electron chi connectivity index (χ4n) is 2.40. The minimum Gasteiger partial charge on any atom is -0.479 e. The van der Waals surface area contributed by atoms with E-state index in [0.717, 1.165) is 12.3 Å². The summed E-state index contributed by atoms with van der Waals surface area (Å²) >= 11 is 0. The number of likely N-dealkylation sites (N-methyl/N-ethyl adjacent to an activating group) is 1. The second-order valence-corrected chi connectivity index (χ2v) is 5.92. The summed E-state index contributed by atoms with van der Waals surface area (Å²) in [5, 5.41) is 12.1. The minimum absolute atomic E-state index is 0.0893. The van der Waals surface area contributed by atoms with Crippen molar-refractivity contribution in [3.05, 3.63) is 29.8 Å². The Bertz CT molecular complexity index is 440. The van der Waals surface area contributed by atoms with Crippen molar-refractivity contribution in [3.63, 3.8) is 0 Å². The summed E-state index contributed by atoms with van der Waals surface area (Å²) in [5.41, 5.74) is 1.22. The molecular formula is C17H27N3O. The van der Waals surface area contributed by atoms with Crippen molar-refractivity contribution in [2.24, 2.45) is 5.92 Å². The van der Waals surface area contributed by atoms with Crippen molar-refractivity contribution in [1.82, 2.24) is 10.2 Å². The number of benzene rings is 1. The van der Waals surface area contributed by atoms with Gasteiger partial charge in [-0.15, -0.1) is 0 Å². The van der Waals surface area contributed by atoms with Crippen molar-refractivity contribution in [2.45, 2.75) is 32.9 Å². The largest absolute Gasteiger partial charge is 0.479 e. The van der Waals surface area contributed by atoms with Crippen LogP contribution in [0.2, 0.25) is 0 Å². The number of rotatable bonds is 8. The Morgan fingerprint density at radius 3 is 2.29 bits per heavy atom. The lowest BCUT2D eigenvalue weighted by molar-refractivity contribution is 0.220. The summed E-state index contributed by atoms with van der Waals surface area (Å²) in [7, 11) is 4.25. The molecule has 0 amide bonds. The minimum atomic E-state index is 0.0893. The highest BCUT2D eigenvalue weighted by Crippen LogP contribution is 2.18. The molecule has 1 N–H and O–H groups in total. The second kappa shape index (κ2) is 8.66. The maximum atomic E-state index is 8.49. The lowest BCUT2D eigenvalue weighted by atomic mass is 10.0. The zero-order valence-electron chi connectivity index (χ0n) is 13.8. The van der Waals surface area contributed by atoms with Gasteiger partial charge in [0.1, 0.15) is 11.8 Å². The topological polar surface area (TPSA) is 48.3 Å². The summed E-state index contributed by atoms with van der Waals surface area (Å²) in [4.78, 5) is 2.27. The van der Waals surface area contributed by atoms with Gasteiger partial charge in [-0.3, -0.25) is 0 Å². The van der Waals surface area contributed by atoms with Crippen LogP contribution in [0.4, 0.5) is 0 Å². The summed E-state index contributed by atoms with van der Waals surface area (Å²) in [5.74, 6) is 1.35. The third-order valence-electron chi connectivity index (χ3n) is 3.75. The predicted octanol–water partition coefficient (Wildman–Crippen LogP) is 2.83. The van der Waals surface area contributed by atoms with Gasteiger partial charge in [0.2, 0.25) is 0 Å². The van der Waals surface area contributed by atoms with Gasteiger partial charge in [-0.1, -0.05) is 26.0 Å². The van der Waals surface area contributed by atoms with Crippen LogP contribution in [0.15, 0.2) is 24.3 Å². The average Bonchev–Trinajstić information content (AvgIpc) is 2.44. The Labute approximate surface area is 128 Å². The molecule has 0 aliphatic rings. The molecule has 2 atom stereocenters. The summed E-state index contributed by atoms with van der Waals surface area (Å²) in [6.07, 6.45) is 0. The van der Waals surface area contributed by atoms with Gasteiger partial charge in [0, 0.05) is 18.6 Å². The van der Waals surface area contributed by atoms with Crippen LogP contribution in [0, 0.1) is 17.2 Å². The van der Waals surface area contributed by atoms with Crippen molar-refractivity contribution >= 4 is 0 Å². The molecule has 0 aromatic heterocycles. The Morgan fingerprint density at radius 1 is 1.19 bits per heavy atom. The fraction of sp³-hybridized carbons (Fsp3) is 0.588. The molecule has 1 aromatic carbocycles. The first-order valence-corrected chi connectivity index (χ1v) is 7.45. The van der Waals surface area contributed by atoms with Crippen LogP contribution in [0.3, 0.4) is 0 Å². The number of hydrogen-bond acceptors (Lipinski definition) is 4. The van der Waals surface area contributed by atoms with Gasteiger partial charge in [0.15, 0.2) is 6.61 Å². The van der Waals surface area contributed by atoms with E-state index in [9.17, 15) is 0 Å². The molecule has 0 spiro atoms. The van der Waals surface area contributed by atoms with Gasteiger partial charge in [-0.25, -0.2) is 0 Å². The molecule has 0 aliphatic carbocycles. The van der Waals surface area contributed by atoms with Crippen molar-refractivity contribution < 1.29 is 4.74 Å². The molecule has 0 saturated carbocycles. The van der Waals surface area contributed by atoms with E-state index in [1.54, 1.807) is 0 Å². The zero-order chi connectivity index (χ0) is 15.8. The highest BCUT2D eigenvalue weighted by Gasteiger charge is 2.16. The first kappa shape index (κ1) is 17.5. The lowest BCUT2D eigenvalue weighted by Crippen LogP contribution is -2.42. The van der Waals surface area contributed by atoms with E-state index in [1.165, 1.54) is 5.56 Å². The number of nitrogens with one attached hydrogen (secondary N) is 1. The van der Waals surface area contributed by atoms with Crippen molar-refractivity contribution in [1.29, 1.82) is 5.26 Å². The molecular weight excluding hydrogens is 262 g/mol. The number of hydrogen-bond donors (Lipinski definition) is 1. The van der Waals surface area contributed by atoms with Crippen LogP contribution in [0.1, 0.15) is 32.4 Å². The molecule has 0 radical (unpaired) electrons. The van der Waals surface area contributed by atoms with E-state index in [2.05, 4.69) is 45.1 Å². The predicted molar refractivity (Wildman–Crippen MR) is 86.3 cm³/mol. The normalized spacial score (nSPS) is 14.0. The second-order valence-electron chi connectivity index (χ2n) is 5.92. The van der Waals surface area contributed by atoms with E-state index in [1.807, 2.05) is 30.3 Å². The molecule has 1 rings (SSSR count). The van der Waals surface area contributed by atoms with Gasteiger partial charge >= 0.3 is 0 Å². The zero-order valence-corrected chi connectivity index (χ0v) is 13.8. The summed E-state index contributed by atoms with van der Waals surface area (Å²) in [6.45, 7) is 7.71. The molecule has 21 heavy (non-hydrogen) atoms. The Balaban J connectivity index is 2.55. The van der Waals surface area contributed by atoms with Crippen LogP contribution < -0.4 is 10.1 Å². The van der Waals surface area contributed by atoms with E-state index >= 15 is 0 Å². The molecule has 4 heteroatoms. The van der Waals surface area contributed by atoms with Crippen LogP contribution in [0.25, 0.3) is 0 Å². The molecule has 0 fully saturated rings. The van der Waals surface area contributed by atoms with E-state index in [4.69, 9.17) is 10.00 Å². The van der Waals surface area contributed by atoms with Gasteiger partial charge in [0.25, 0.3) is 0 Å². The van der Waals surface area contributed by atoms with E-state index < -0.39 is 0 Å². The standard InChI is InChI=1S/C17H27N3O/c1-13(2)17(20(4)5)12-19-14(3)15-6-8-16(9-7-15)21-11-10-18/h6-9,13-14,17,19H,11-12H2,1-5H3. The van der Waals surface area contributed by atoms with Crippen LogP contribution in [0.5, 0.6) is 5.75 Å². The highest BCUT2D eigenvalue weighted by molar-refractivity contribution is 5.29. The van der Waals surface area contributed by atoms with Crippen molar-refractivity contribution in [3.8, 4) is 11.8 Å². The molecule has 2 unspecified atom stereocenters. The maximum absolute atomic E-state index is 8.49. The van der Waals surface area contributed by atoms with E-state index in [-0.39, 0.29) is 12.6 Å². The van der Waals surface area contributed by atoms with E-state index in [0.29, 0.717) is 12.0 Å². The van der Waals surface area contributed by atoms with Gasteiger partial charge in [-0.05, 0) is 44.6 Å². The maximum Gasteiger partial charge on any atom is 0.174 e. The van der Waals surface area contributed by atoms with Crippen molar-refractivity contribution in [2.75, 3.05) is 27.2 Å². The molecule has 0 saturated heterocycles. The smallest absolute Gasteiger partial charge is 0.174 e. The van der Waals surface area contributed by atoms with Gasteiger partial charge in [0.05, 0.1) is 0 Å². The highest BCUT2D eigenvalue weighted by atomic mass is 16.5. The Kier molecular flexibility index (Phi) is 7.21. The Morgan fingerprint density at radius 2 is 1.81 bits per heavy atom. The molecule has 116 valence electrons. The number of nitriles is 1.